The van der Waals surface area contributed by atoms with E-state index in [0.717, 1.165) is 0 Å². The van der Waals surface area contributed by atoms with E-state index in [2.05, 4.69) is 20.7 Å². The molecule has 1 aliphatic rings. The second kappa shape index (κ2) is 6.32. The molecule has 1 aliphatic heterocycles. The molecule has 1 aromatic rings. The van der Waals surface area contributed by atoms with Crippen molar-refractivity contribution in [2.75, 3.05) is 13.2 Å². The number of rotatable bonds is 5. The highest BCUT2D eigenvalue weighted by molar-refractivity contribution is 9.09. The van der Waals surface area contributed by atoms with E-state index in [9.17, 15) is 8.42 Å². The van der Waals surface area contributed by atoms with Gasteiger partial charge in [-0.2, -0.15) is 0 Å². The van der Waals surface area contributed by atoms with Crippen LogP contribution in [0.5, 0.6) is 11.5 Å². The fraction of sp³-hybridized carbons (Fsp3) is 0.538. The summed E-state index contributed by atoms with van der Waals surface area (Å²) in [5.74, 6) is 1.05. The van der Waals surface area contributed by atoms with Gasteiger partial charge in [0.1, 0.15) is 13.2 Å². The molecule has 7 heteroatoms. The SMILES string of the molecule is CC(Br)CC(C)NS(=O)(=O)c1ccc2c(c1)OCCO2. The summed E-state index contributed by atoms with van der Waals surface area (Å²) in [6.07, 6.45) is 0.712. The first kappa shape index (κ1) is 15.6. The minimum Gasteiger partial charge on any atom is -0.486 e. The minimum absolute atomic E-state index is 0.150. The molecule has 2 atom stereocenters. The third kappa shape index (κ3) is 3.86. The van der Waals surface area contributed by atoms with Crippen molar-refractivity contribution in [2.24, 2.45) is 0 Å². The highest BCUT2D eigenvalue weighted by Gasteiger charge is 2.21. The number of sulfonamides is 1. The highest BCUT2D eigenvalue weighted by atomic mass is 79.9. The van der Waals surface area contributed by atoms with Crippen LogP contribution in [0.1, 0.15) is 20.3 Å². The van der Waals surface area contributed by atoms with Crippen LogP contribution in [0, 0.1) is 0 Å². The Morgan fingerprint density at radius 3 is 2.55 bits per heavy atom. The van der Waals surface area contributed by atoms with Gasteiger partial charge >= 0.3 is 0 Å². The van der Waals surface area contributed by atoms with Crippen molar-refractivity contribution >= 4 is 26.0 Å². The van der Waals surface area contributed by atoms with Gasteiger partial charge in [0, 0.05) is 16.9 Å². The van der Waals surface area contributed by atoms with Crippen LogP contribution in [0.25, 0.3) is 0 Å². The normalized spacial score (nSPS) is 17.6. The molecule has 1 heterocycles. The molecule has 0 radical (unpaired) electrons. The number of halogens is 1. The summed E-state index contributed by atoms with van der Waals surface area (Å²) < 4.78 is 38.0. The van der Waals surface area contributed by atoms with Crippen LogP contribution in [0.2, 0.25) is 0 Å². The largest absolute Gasteiger partial charge is 0.486 e. The molecule has 0 saturated carbocycles. The fourth-order valence-electron chi connectivity index (χ4n) is 2.06. The van der Waals surface area contributed by atoms with E-state index >= 15 is 0 Å². The third-order valence-corrected chi connectivity index (χ3v) is 4.82. The molecule has 0 spiro atoms. The lowest BCUT2D eigenvalue weighted by molar-refractivity contribution is 0.171. The van der Waals surface area contributed by atoms with E-state index in [0.29, 0.717) is 31.1 Å². The van der Waals surface area contributed by atoms with Gasteiger partial charge in [-0.1, -0.05) is 22.9 Å². The molecule has 5 nitrogen and oxygen atoms in total. The fourth-order valence-corrected chi connectivity index (χ4v) is 3.89. The van der Waals surface area contributed by atoms with Crippen LogP contribution < -0.4 is 14.2 Å². The van der Waals surface area contributed by atoms with Crippen LogP contribution in [0.4, 0.5) is 0 Å². The number of ether oxygens (including phenoxy) is 2. The first-order valence-corrected chi connectivity index (χ1v) is 8.84. The maximum Gasteiger partial charge on any atom is 0.240 e. The Kier molecular flexibility index (Phi) is 4.93. The molecule has 0 bridgehead atoms. The van der Waals surface area contributed by atoms with Gasteiger partial charge in [0.05, 0.1) is 4.90 Å². The molecule has 112 valence electrons. The van der Waals surface area contributed by atoms with Crippen LogP contribution in [0.3, 0.4) is 0 Å². The summed E-state index contributed by atoms with van der Waals surface area (Å²) in [7, 11) is -3.55. The van der Waals surface area contributed by atoms with Gasteiger partial charge in [0.25, 0.3) is 0 Å². The van der Waals surface area contributed by atoms with Crippen molar-refractivity contribution in [3.8, 4) is 11.5 Å². The molecule has 0 aromatic heterocycles. The minimum atomic E-state index is -3.55. The number of nitrogens with one attached hydrogen (secondary N) is 1. The summed E-state index contributed by atoms with van der Waals surface area (Å²) in [5, 5.41) is 0. The molecular formula is C13H18BrNO4S. The highest BCUT2D eigenvalue weighted by Crippen LogP contribution is 2.32. The Hall–Kier alpha value is -0.790. The molecule has 20 heavy (non-hydrogen) atoms. The number of fused-ring (bicyclic) bond motifs is 1. The Morgan fingerprint density at radius 1 is 1.25 bits per heavy atom. The van der Waals surface area contributed by atoms with Crippen LogP contribution in [0.15, 0.2) is 23.1 Å². The van der Waals surface area contributed by atoms with Crippen molar-refractivity contribution in [2.45, 2.75) is 36.0 Å². The zero-order chi connectivity index (χ0) is 14.8. The molecule has 0 amide bonds. The lowest BCUT2D eigenvalue weighted by Crippen LogP contribution is -2.34. The van der Waals surface area contributed by atoms with E-state index in [1.807, 2.05) is 13.8 Å². The van der Waals surface area contributed by atoms with E-state index in [1.54, 1.807) is 6.07 Å². The van der Waals surface area contributed by atoms with Gasteiger partial charge in [0.15, 0.2) is 11.5 Å². The molecule has 0 aliphatic carbocycles. The van der Waals surface area contributed by atoms with Crippen molar-refractivity contribution in [1.82, 2.24) is 4.72 Å². The summed E-state index contributed by atoms with van der Waals surface area (Å²) in [6, 6.07) is 4.50. The zero-order valence-corrected chi connectivity index (χ0v) is 13.8. The Labute approximate surface area is 127 Å². The van der Waals surface area contributed by atoms with Gasteiger partial charge in [-0.05, 0) is 25.5 Å². The van der Waals surface area contributed by atoms with Gasteiger partial charge in [-0.15, -0.1) is 0 Å². The van der Waals surface area contributed by atoms with Gasteiger partial charge in [0.2, 0.25) is 10.0 Å². The molecule has 2 unspecified atom stereocenters. The summed E-state index contributed by atoms with van der Waals surface area (Å²) in [5.41, 5.74) is 0. The number of hydrogen-bond acceptors (Lipinski definition) is 4. The monoisotopic (exact) mass is 363 g/mol. The second-order valence-electron chi connectivity index (χ2n) is 4.84. The molecule has 0 fully saturated rings. The Bertz CT molecular complexity index is 574. The molecule has 1 N–H and O–H groups in total. The van der Waals surface area contributed by atoms with Crippen LogP contribution in [-0.2, 0) is 10.0 Å². The van der Waals surface area contributed by atoms with Crippen molar-refractivity contribution in [1.29, 1.82) is 0 Å². The number of benzene rings is 1. The van der Waals surface area contributed by atoms with Crippen molar-refractivity contribution in [3.63, 3.8) is 0 Å². The summed E-state index contributed by atoms with van der Waals surface area (Å²) >= 11 is 3.42. The predicted octanol–water partition coefficient (Wildman–Crippen LogP) is 2.30. The van der Waals surface area contributed by atoms with Gasteiger partial charge < -0.3 is 9.47 Å². The predicted molar refractivity (Wildman–Crippen MR) is 80.2 cm³/mol. The van der Waals surface area contributed by atoms with Crippen molar-refractivity contribution < 1.29 is 17.9 Å². The van der Waals surface area contributed by atoms with Gasteiger partial charge in [-0.25, -0.2) is 13.1 Å². The molecule has 2 rings (SSSR count). The zero-order valence-electron chi connectivity index (χ0n) is 11.4. The quantitative estimate of drug-likeness (QED) is 0.815. The summed E-state index contributed by atoms with van der Waals surface area (Å²) in [4.78, 5) is 0.441. The second-order valence-corrected chi connectivity index (χ2v) is 8.12. The maximum atomic E-state index is 12.3. The Balaban J connectivity index is 2.17. The lowest BCUT2D eigenvalue weighted by Gasteiger charge is -2.20. The lowest BCUT2D eigenvalue weighted by atomic mass is 10.2. The average molecular weight is 364 g/mol. The molecule has 0 saturated heterocycles. The van der Waals surface area contributed by atoms with E-state index in [4.69, 9.17) is 9.47 Å². The third-order valence-electron chi connectivity index (χ3n) is 2.86. The standard InChI is InChI=1S/C13H18BrNO4S/c1-9(14)7-10(2)15-20(16,17)11-3-4-12-13(8-11)19-6-5-18-12/h3-4,8-10,15H,5-7H2,1-2H3. The maximum absolute atomic E-state index is 12.3. The molecule has 1 aromatic carbocycles. The van der Waals surface area contributed by atoms with Crippen LogP contribution in [-0.4, -0.2) is 32.5 Å². The topological polar surface area (TPSA) is 64.6 Å². The Morgan fingerprint density at radius 2 is 1.90 bits per heavy atom. The first-order valence-electron chi connectivity index (χ1n) is 6.44. The number of hydrogen-bond donors (Lipinski definition) is 1. The van der Waals surface area contributed by atoms with Crippen molar-refractivity contribution in [3.05, 3.63) is 18.2 Å². The van der Waals surface area contributed by atoms with E-state index in [1.165, 1.54) is 12.1 Å². The first-order chi connectivity index (χ1) is 9.38. The smallest absolute Gasteiger partial charge is 0.240 e. The summed E-state index contributed by atoms with van der Waals surface area (Å²) in [6.45, 7) is 4.74. The average Bonchev–Trinajstić information content (AvgIpc) is 2.36. The van der Waals surface area contributed by atoms with Gasteiger partial charge in [-0.3, -0.25) is 0 Å². The number of alkyl halides is 1. The van der Waals surface area contributed by atoms with Crippen LogP contribution >= 0.6 is 15.9 Å². The van der Waals surface area contributed by atoms with E-state index in [-0.39, 0.29) is 15.8 Å². The van der Waals surface area contributed by atoms with E-state index < -0.39 is 10.0 Å². The molecular weight excluding hydrogens is 346 g/mol.